The molecule has 8 heteroatoms. The van der Waals surface area contributed by atoms with E-state index in [1.54, 1.807) is 12.1 Å². The molecule has 1 N–H and O–H groups in total. The minimum atomic E-state index is -3.53. The van der Waals surface area contributed by atoms with E-state index in [4.69, 9.17) is 9.47 Å². The number of nitrogens with one attached hydrogen (secondary N) is 1. The topological polar surface area (TPSA) is 84.9 Å². The maximum absolute atomic E-state index is 12.3. The molecule has 7 nitrogen and oxygen atoms in total. The number of carbonyl (C=O) groups is 1. The Morgan fingerprint density at radius 2 is 1.93 bits per heavy atom. The second-order valence-electron chi connectivity index (χ2n) is 7.60. The number of carbonyl (C=O) groups excluding carboxylic acids is 1. The van der Waals surface area contributed by atoms with Gasteiger partial charge in [-0.1, -0.05) is 19.3 Å². The highest BCUT2D eigenvalue weighted by Crippen LogP contribution is 2.25. The van der Waals surface area contributed by atoms with Gasteiger partial charge in [0.15, 0.2) is 0 Å². The molecule has 0 aliphatic heterocycles. The number of amides is 1. The van der Waals surface area contributed by atoms with Crippen LogP contribution in [0.15, 0.2) is 23.1 Å². The quantitative estimate of drug-likeness (QED) is 0.550. The average molecular weight is 427 g/mol. The standard InChI is InChI=1S/C21H34N2O5S/c1-23(2)29(25,26)19-11-12-20(27-3)17(16-19)10-13-21(24)22-14-7-15-28-18-8-5-4-6-9-18/h11-12,16,18H,4-10,13-15H2,1-3H3,(H,22,24). The lowest BCUT2D eigenvalue weighted by Crippen LogP contribution is -2.26. The van der Waals surface area contributed by atoms with Gasteiger partial charge in [0, 0.05) is 33.7 Å². The largest absolute Gasteiger partial charge is 0.496 e. The van der Waals surface area contributed by atoms with Gasteiger partial charge in [-0.15, -0.1) is 0 Å². The minimum Gasteiger partial charge on any atom is -0.496 e. The first-order valence-electron chi connectivity index (χ1n) is 10.3. The number of hydrogen-bond acceptors (Lipinski definition) is 5. The van der Waals surface area contributed by atoms with Gasteiger partial charge in [0.1, 0.15) is 5.75 Å². The number of methoxy groups -OCH3 is 1. The Kier molecular flexibility index (Phi) is 9.39. The fraction of sp³-hybridized carbons (Fsp3) is 0.667. The minimum absolute atomic E-state index is 0.0643. The zero-order valence-corrected chi connectivity index (χ0v) is 18.6. The van der Waals surface area contributed by atoms with Crippen LogP contribution in [0.5, 0.6) is 5.75 Å². The molecule has 164 valence electrons. The van der Waals surface area contributed by atoms with E-state index in [0.717, 1.165) is 19.3 Å². The highest BCUT2D eigenvalue weighted by Gasteiger charge is 2.19. The van der Waals surface area contributed by atoms with E-state index in [0.29, 0.717) is 37.0 Å². The van der Waals surface area contributed by atoms with Crippen molar-refractivity contribution in [2.24, 2.45) is 0 Å². The van der Waals surface area contributed by atoms with E-state index in [-0.39, 0.29) is 17.2 Å². The molecule has 0 aromatic heterocycles. The fourth-order valence-corrected chi connectivity index (χ4v) is 4.39. The molecule has 1 aromatic carbocycles. The molecule has 29 heavy (non-hydrogen) atoms. The van der Waals surface area contributed by atoms with Crippen molar-refractivity contribution >= 4 is 15.9 Å². The van der Waals surface area contributed by atoms with Crippen molar-refractivity contribution in [1.82, 2.24) is 9.62 Å². The number of ether oxygens (including phenoxy) is 2. The van der Waals surface area contributed by atoms with Gasteiger partial charge >= 0.3 is 0 Å². The summed E-state index contributed by atoms with van der Waals surface area (Å²) in [5.74, 6) is 0.516. The zero-order valence-electron chi connectivity index (χ0n) is 17.8. The normalized spacial score (nSPS) is 15.4. The van der Waals surface area contributed by atoms with Gasteiger partial charge in [-0.3, -0.25) is 4.79 Å². The Bertz CT molecular complexity index is 758. The summed E-state index contributed by atoms with van der Waals surface area (Å²) >= 11 is 0. The third-order valence-corrected chi connectivity index (χ3v) is 7.01. The van der Waals surface area contributed by atoms with E-state index < -0.39 is 10.0 Å². The van der Waals surface area contributed by atoms with Crippen LogP contribution >= 0.6 is 0 Å². The van der Waals surface area contributed by atoms with Crippen LogP contribution in [0.4, 0.5) is 0 Å². The number of rotatable bonds is 11. The lowest BCUT2D eigenvalue weighted by atomic mass is 9.98. The predicted molar refractivity (Wildman–Crippen MR) is 113 cm³/mol. The predicted octanol–water partition coefficient (Wildman–Crippen LogP) is 2.73. The molecular formula is C21H34N2O5S. The fourth-order valence-electron chi connectivity index (χ4n) is 3.44. The third-order valence-electron chi connectivity index (χ3n) is 5.20. The van der Waals surface area contributed by atoms with Gasteiger partial charge in [-0.05, 0) is 49.4 Å². The van der Waals surface area contributed by atoms with Crippen LogP contribution in [0.3, 0.4) is 0 Å². The molecule has 0 unspecified atom stereocenters. The van der Waals surface area contributed by atoms with Gasteiger partial charge in [-0.2, -0.15) is 0 Å². The van der Waals surface area contributed by atoms with E-state index >= 15 is 0 Å². The lowest BCUT2D eigenvalue weighted by Gasteiger charge is -2.21. The molecule has 0 radical (unpaired) electrons. The van der Waals surface area contributed by atoms with Crippen LogP contribution in [0.1, 0.15) is 50.5 Å². The summed E-state index contributed by atoms with van der Waals surface area (Å²) in [6.07, 6.45) is 7.97. The first kappa shape index (κ1) is 23.6. The van der Waals surface area contributed by atoms with Crippen LogP contribution in [0.25, 0.3) is 0 Å². The van der Waals surface area contributed by atoms with E-state index in [1.807, 2.05) is 0 Å². The van der Waals surface area contributed by atoms with Crippen LogP contribution in [0.2, 0.25) is 0 Å². The van der Waals surface area contributed by atoms with E-state index in [1.165, 1.54) is 50.8 Å². The van der Waals surface area contributed by atoms with Gasteiger partial charge in [0.05, 0.1) is 18.1 Å². The van der Waals surface area contributed by atoms with Gasteiger partial charge in [0.2, 0.25) is 15.9 Å². The molecule has 0 spiro atoms. The maximum atomic E-state index is 12.3. The number of benzene rings is 1. The van der Waals surface area contributed by atoms with Crippen molar-refractivity contribution in [1.29, 1.82) is 0 Å². The summed E-state index contributed by atoms with van der Waals surface area (Å²) < 4.78 is 37.0. The highest BCUT2D eigenvalue weighted by molar-refractivity contribution is 7.89. The molecule has 1 aromatic rings. The Morgan fingerprint density at radius 1 is 1.21 bits per heavy atom. The summed E-state index contributed by atoms with van der Waals surface area (Å²) in [4.78, 5) is 12.3. The summed E-state index contributed by atoms with van der Waals surface area (Å²) in [6.45, 7) is 1.25. The number of nitrogens with zero attached hydrogens (tertiary/aromatic N) is 1. The second-order valence-corrected chi connectivity index (χ2v) is 9.75. The summed E-state index contributed by atoms with van der Waals surface area (Å²) in [5.41, 5.74) is 0.700. The maximum Gasteiger partial charge on any atom is 0.242 e. The van der Waals surface area contributed by atoms with Gasteiger partial charge in [0.25, 0.3) is 0 Å². The van der Waals surface area contributed by atoms with Crippen molar-refractivity contribution in [3.05, 3.63) is 23.8 Å². The smallest absolute Gasteiger partial charge is 0.242 e. The van der Waals surface area contributed by atoms with Crippen LogP contribution in [-0.2, 0) is 26.0 Å². The number of aryl methyl sites for hydroxylation is 1. The van der Waals surface area contributed by atoms with Crippen molar-refractivity contribution in [3.8, 4) is 5.75 Å². The molecule has 1 aliphatic rings. The molecule has 0 saturated heterocycles. The zero-order chi connectivity index (χ0) is 21.3. The first-order valence-corrected chi connectivity index (χ1v) is 11.8. The van der Waals surface area contributed by atoms with Crippen molar-refractivity contribution < 1.29 is 22.7 Å². The molecule has 1 aliphatic carbocycles. The lowest BCUT2D eigenvalue weighted by molar-refractivity contribution is -0.121. The SMILES string of the molecule is COc1ccc(S(=O)(=O)N(C)C)cc1CCC(=O)NCCCOC1CCCCC1. The molecule has 0 bridgehead atoms. The average Bonchev–Trinajstić information content (AvgIpc) is 2.72. The van der Waals surface area contributed by atoms with E-state index in [2.05, 4.69) is 5.32 Å². The van der Waals surface area contributed by atoms with Crippen LogP contribution in [0, 0.1) is 0 Å². The Morgan fingerprint density at radius 3 is 2.59 bits per heavy atom. The van der Waals surface area contributed by atoms with E-state index in [9.17, 15) is 13.2 Å². The highest BCUT2D eigenvalue weighted by atomic mass is 32.2. The summed E-state index contributed by atoms with van der Waals surface area (Å²) in [6, 6.07) is 4.73. The third kappa shape index (κ3) is 7.28. The Labute approximate surface area is 174 Å². The molecular weight excluding hydrogens is 392 g/mol. The number of sulfonamides is 1. The van der Waals surface area contributed by atoms with Crippen molar-refractivity contribution in [2.75, 3.05) is 34.4 Å². The van der Waals surface area contributed by atoms with Crippen LogP contribution < -0.4 is 10.1 Å². The molecule has 0 atom stereocenters. The molecule has 1 fully saturated rings. The second kappa shape index (κ2) is 11.5. The van der Waals surface area contributed by atoms with Crippen molar-refractivity contribution in [3.63, 3.8) is 0 Å². The summed E-state index contributed by atoms with van der Waals surface area (Å²) in [5, 5.41) is 2.90. The summed E-state index contributed by atoms with van der Waals surface area (Å²) in [7, 11) is 0.985. The molecule has 2 rings (SSSR count). The Balaban J connectivity index is 1.78. The first-order chi connectivity index (χ1) is 13.8. The molecule has 1 amide bonds. The Hall–Kier alpha value is -1.64. The van der Waals surface area contributed by atoms with Crippen molar-refractivity contribution in [2.45, 2.75) is 62.4 Å². The molecule has 1 saturated carbocycles. The van der Waals surface area contributed by atoms with Gasteiger partial charge < -0.3 is 14.8 Å². The monoisotopic (exact) mass is 426 g/mol. The van der Waals surface area contributed by atoms with Crippen LogP contribution in [-0.4, -0.2) is 59.1 Å². The number of hydrogen-bond donors (Lipinski definition) is 1. The van der Waals surface area contributed by atoms with Gasteiger partial charge in [-0.25, -0.2) is 12.7 Å². The molecule has 0 heterocycles.